The fraction of sp³-hybridized carbons (Fsp3) is 0.154. The first-order chi connectivity index (χ1) is 12.6. The second-order valence-corrected chi connectivity index (χ2v) is 6.76. The number of benzene rings is 2. The molecule has 130 valence electrons. The van der Waals surface area contributed by atoms with Gasteiger partial charge in [0.2, 0.25) is 0 Å². The SMILES string of the molecule is C=C/C=C(\C=C)c1ccc(C)c(-c2cc(C3=CCCC=C3)ccc2C)c1. The number of hydrogen-bond acceptors (Lipinski definition) is 0. The summed E-state index contributed by atoms with van der Waals surface area (Å²) in [6, 6.07) is 13.4. The maximum Gasteiger partial charge on any atom is -0.0146 e. The van der Waals surface area contributed by atoms with E-state index in [1.165, 1.54) is 39.0 Å². The normalized spacial score (nSPS) is 14.1. The molecule has 1 aliphatic carbocycles. The summed E-state index contributed by atoms with van der Waals surface area (Å²) in [6.45, 7) is 12.1. The Hall–Kier alpha value is -2.86. The third-order valence-electron chi connectivity index (χ3n) is 4.94. The molecule has 0 nitrogen and oxygen atoms in total. The third-order valence-corrected chi connectivity index (χ3v) is 4.94. The van der Waals surface area contributed by atoms with Gasteiger partial charge in [0.15, 0.2) is 0 Å². The summed E-state index contributed by atoms with van der Waals surface area (Å²) >= 11 is 0. The molecule has 0 spiro atoms. The second-order valence-electron chi connectivity index (χ2n) is 6.76. The summed E-state index contributed by atoms with van der Waals surface area (Å²) in [6.07, 6.45) is 14.8. The smallest absolute Gasteiger partial charge is 0.0146 e. The lowest BCUT2D eigenvalue weighted by Crippen LogP contribution is -1.93. The van der Waals surface area contributed by atoms with Gasteiger partial charge in [-0.15, -0.1) is 0 Å². The first kappa shape index (κ1) is 17.9. The lowest BCUT2D eigenvalue weighted by atomic mass is 9.89. The van der Waals surface area contributed by atoms with Gasteiger partial charge in [0.05, 0.1) is 0 Å². The summed E-state index contributed by atoms with van der Waals surface area (Å²) in [5, 5.41) is 0. The third kappa shape index (κ3) is 3.70. The van der Waals surface area contributed by atoms with Crippen LogP contribution in [0.3, 0.4) is 0 Å². The topological polar surface area (TPSA) is 0 Å². The molecule has 1 aliphatic rings. The van der Waals surface area contributed by atoms with Crippen molar-refractivity contribution in [1.82, 2.24) is 0 Å². The van der Waals surface area contributed by atoms with E-state index in [4.69, 9.17) is 0 Å². The minimum Gasteiger partial charge on any atom is -0.0990 e. The Balaban J connectivity index is 2.12. The lowest BCUT2D eigenvalue weighted by molar-refractivity contribution is 1.04. The standard InChI is InChI=1S/C26H26/c1-5-10-21(6-2)23-15-13-19(3)25(17-23)26-18-24(16-14-20(26)4)22-11-8-7-9-12-22/h5-6,8,10-18H,1-2,7,9H2,3-4H3/b21-10+. The molecule has 0 unspecified atom stereocenters. The van der Waals surface area contributed by atoms with E-state index in [2.05, 4.69) is 81.6 Å². The van der Waals surface area contributed by atoms with E-state index in [9.17, 15) is 0 Å². The van der Waals surface area contributed by atoms with Gasteiger partial charge in [-0.1, -0.05) is 73.9 Å². The van der Waals surface area contributed by atoms with Gasteiger partial charge in [0, 0.05) is 0 Å². The quantitative estimate of drug-likeness (QED) is 0.496. The molecule has 0 radical (unpaired) electrons. The average Bonchev–Trinajstić information content (AvgIpc) is 2.68. The van der Waals surface area contributed by atoms with Gasteiger partial charge in [-0.2, -0.15) is 0 Å². The van der Waals surface area contributed by atoms with Gasteiger partial charge in [0.25, 0.3) is 0 Å². The van der Waals surface area contributed by atoms with Crippen LogP contribution in [0, 0.1) is 13.8 Å². The van der Waals surface area contributed by atoms with Crippen molar-refractivity contribution in [3.8, 4) is 11.1 Å². The minimum absolute atomic E-state index is 1.09. The fourth-order valence-electron chi connectivity index (χ4n) is 3.42. The Morgan fingerprint density at radius 1 is 0.923 bits per heavy atom. The zero-order valence-corrected chi connectivity index (χ0v) is 15.8. The largest absolute Gasteiger partial charge is 0.0990 e. The molecule has 0 bridgehead atoms. The van der Waals surface area contributed by atoms with Gasteiger partial charge in [-0.25, -0.2) is 0 Å². The molecule has 0 atom stereocenters. The Kier molecular flexibility index (Phi) is 5.53. The van der Waals surface area contributed by atoms with E-state index in [1.54, 1.807) is 0 Å². The Morgan fingerprint density at radius 3 is 2.31 bits per heavy atom. The van der Waals surface area contributed by atoms with Crippen molar-refractivity contribution in [2.45, 2.75) is 26.7 Å². The van der Waals surface area contributed by atoms with Crippen molar-refractivity contribution in [3.63, 3.8) is 0 Å². The fourth-order valence-corrected chi connectivity index (χ4v) is 3.42. The van der Waals surface area contributed by atoms with Crippen LogP contribution in [0.4, 0.5) is 0 Å². The molecule has 0 aromatic heterocycles. The molecule has 26 heavy (non-hydrogen) atoms. The van der Waals surface area contributed by atoms with E-state index in [0.29, 0.717) is 0 Å². The van der Waals surface area contributed by atoms with E-state index in [0.717, 1.165) is 18.4 Å². The summed E-state index contributed by atoms with van der Waals surface area (Å²) in [4.78, 5) is 0. The highest BCUT2D eigenvalue weighted by molar-refractivity contribution is 5.83. The molecule has 3 rings (SSSR count). The van der Waals surface area contributed by atoms with Crippen molar-refractivity contribution in [2.75, 3.05) is 0 Å². The molecular weight excluding hydrogens is 312 g/mol. The van der Waals surface area contributed by atoms with Crippen molar-refractivity contribution < 1.29 is 0 Å². The maximum absolute atomic E-state index is 3.94. The van der Waals surface area contributed by atoms with Gasteiger partial charge < -0.3 is 0 Å². The predicted octanol–water partition coefficient (Wildman–Crippen LogP) is 7.46. The molecule has 0 saturated carbocycles. The van der Waals surface area contributed by atoms with E-state index in [-0.39, 0.29) is 0 Å². The van der Waals surface area contributed by atoms with Crippen LogP contribution in [-0.2, 0) is 0 Å². The molecule has 0 saturated heterocycles. The van der Waals surface area contributed by atoms with Gasteiger partial charge in [-0.3, -0.25) is 0 Å². The molecule has 0 aliphatic heterocycles. The highest BCUT2D eigenvalue weighted by atomic mass is 14.1. The molecule has 0 amide bonds. The predicted molar refractivity (Wildman–Crippen MR) is 116 cm³/mol. The van der Waals surface area contributed by atoms with E-state index < -0.39 is 0 Å². The van der Waals surface area contributed by atoms with Crippen LogP contribution < -0.4 is 0 Å². The molecule has 2 aromatic rings. The van der Waals surface area contributed by atoms with Crippen LogP contribution in [0.2, 0.25) is 0 Å². The summed E-state index contributed by atoms with van der Waals surface area (Å²) < 4.78 is 0. The van der Waals surface area contributed by atoms with E-state index >= 15 is 0 Å². The molecule has 0 heteroatoms. The second kappa shape index (κ2) is 8.01. The first-order valence-corrected chi connectivity index (χ1v) is 9.18. The highest BCUT2D eigenvalue weighted by Gasteiger charge is 2.10. The van der Waals surface area contributed by atoms with Gasteiger partial charge in [0.1, 0.15) is 0 Å². The Bertz CT molecular complexity index is 933. The van der Waals surface area contributed by atoms with Crippen molar-refractivity contribution in [2.24, 2.45) is 0 Å². The maximum atomic E-state index is 3.94. The van der Waals surface area contributed by atoms with Gasteiger partial charge >= 0.3 is 0 Å². The first-order valence-electron chi connectivity index (χ1n) is 9.18. The number of aryl methyl sites for hydroxylation is 2. The van der Waals surface area contributed by atoms with Crippen LogP contribution in [0.25, 0.3) is 22.3 Å². The van der Waals surface area contributed by atoms with Crippen LogP contribution in [0.1, 0.15) is 35.1 Å². The molecule has 0 N–H and O–H groups in total. The van der Waals surface area contributed by atoms with Crippen LogP contribution in [0.15, 0.2) is 86.0 Å². The monoisotopic (exact) mass is 338 g/mol. The molecule has 0 fully saturated rings. The number of hydrogen-bond donors (Lipinski definition) is 0. The number of rotatable bonds is 5. The average molecular weight is 338 g/mol. The lowest BCUT2D eigenvalue weighted by Gasteiger charge is -2.15. The molecule has 0 heterocycles. The van der Waals surface area contributed by atoms with Crippen molar-refractivity contribution in [3.05, 3.63) is 108 Å². The van der Waals surface area contributed by atoms with Crippen LogP contribution in [0.5, 0.6) is 0 Å². The van der Waals surface area contributed by atoms with Crippen LogP contribution in [-0.4, -0.2) is 0 Å². The summed E-state index contributed by atoms with van der Waals surface area (Å²) in [5.74, 6) is 0. The van der Waals surface area contributed by atoms with Crippen molar-refractivity contribution in [1.29, 1.82) is 0 Å². The zero-order valence-electron chi connectivity index (χ0n) is 15.8. The number of allylic oxidation sites excluding steroid dienone is 8. The van der Waals surface area contributed by atoms with E-state index in [1.807, 2.05) is 18.2 Å². The Morgan fingerprint density at radius 2 is 1.65 bits per heavy atom. The summed E-state index contributed by atoms with van der Waals surface area (Å²) in [7, 11) is 0. The van der Waals surface area contributed by atoms with Crippen molar-refractivity contribution >= 4 is 11.1 Å². The zero-order chi connectivity index (χ0) is 18.5. The molecule has 2 aromatic carbocycles. The van der Waals surface area contributed by atoms with Gasteiger partial charge in [-0.05, 0) is 83.3 Å². The Labute approximate surface area is 157 Å². The highest BCUT2D eigenvalue weighted by Crippen LogP contribution is 2.33. The minimum atomic E-state index is 1.09. The van der Waals surface area contributed by atoms with Crippen LogP contribution >= 0.6 is 0 Å². The molecular formula is C26H26. The summed E-state index contributed by atoms with van der Waals surface area (Å²) in [5.41, 5.74) is 10.0.